The number of carbonyl (C=O) groups is 1. The maximum absolute atomic E-state index is 12.1. The van der Waals surface area contributed by atoms with Crippen LogP contribution in [0.25, 0.3) is 0 Å². The molecule has 13 heteroatoms. The zero-order valence-electron chi connectivity index (χ0n) is 17.1. The van der Waals surface area contributed by atoms with Gasteiger partial charge in [-0.2, -0.15) is 10.1 Å². The van der Waals surface area contributed by atoms with Crippen molar-refractivity contribution in [2.24, 2.45) is 0 Å². The van der Waals surface area contributed by atoms with Crippen LogP contribution in [0.4, 0.5) is 11.5 Å². The van der Waals surface area contributed by atoms with Crippen LogP contribution < -0.4 is 9.64 Å². The fourth-order valence-electron chi connectivity index (χ4n) is 2.85. The first-order valence-electron chi connectivity index (χ1n) is 9.18. The molecule has 0 unspecified atom stereocenters. The third kappa shape index (κ3) is 5.62. The Morgan fingerprint density at radius 3 is 2.59 bits per heavy atom. The third-order valence-electron chi connectivity index (χ3n) is 4.45. The lowest BCUT2D eigenvalue weighted by atomic mass is 10.2. The number of nitro groups is 1. The van der Waals surface area contributed by atoms with Crippen LogP contribution >= 0.6 is 34.2 Å². The summed E-state index contributed by atoms with van der Waals surface area (Å²) < 4.78 is 11.9. The van der Waals surface area contributed by atoms with Gasteiger partial charge in [-0.25, -0.2) is 9.78 Å². The molecule has 3 rings (SSSR count). The number of ether oxygens (including phenoxy) is 2. The fourth-order valence-corrected chi connectivity index (χ4v) is 3.82. The predicted molar refractivity (Wildman–Crippen MR) is 124 cm³/mol. The summed E-state index contributed by atoms with van der Waals surface area (Å²) in [4.78, 5) is 32.8. The van der Waals surface area contributed by atoms with Crippen molar-refractivity contribution >= 4 is 51.7 Å². The number of esters is 1. The van der Waals surface area contributed by atoms with E-state index in [9.17, 15) is 14.9 Å². The molecule has 0 fully saturated rings. The van der Waals surface area contributed by atoms with Crippen LogP contribution in [0.3, 0.4) is 0 Å². The maximum atomic E-state index is 12.1. The second-order valence-corrected chi connectivity index (χ2v) is 7.88. The van der Waals surface area contributed by atoms with E-state index in [1.807, 2.05) is 51.8 Å². The van der Waals surface area contributed by atoms with E-state index in [0.29, 0.717) is 29.0 Å². The van der Waals surface area contributed by atoms with E-state index >= 15 is 0 Å². The monoisotopic (exact) mass is 572 g/mol. The van der Waals surface area contributed by atoms with Crippen molar-refractivity contribution in [3.8, 4) is 5.75 Å². The number of nitrogens with zero attached hydrogens (tertiary/aromatic N) is 6. The molecular weight excluding hydrogens is 555 g/mol. The van der Waals surface area contributed by atoms with Crippen LogP contribution in [0.2, 0.25) is 5.28 Å². The van der Waals surface area contributed by atoms with E-state index < -0.39 is 10.9 Å². The van der Waals surface area contributed by atoms with E-state index in [1.54, 1.807) is 7.11 Å². The van der Waals surface area contributed by atoms with Gasteiger partial charge in [-0.15, -0.1) is 0 Å². The maximum Gasteiger partial charge on any atom is 0.358 e. The number of aromatic nitrogens is 4. The number of anilines is 1. The van der Waals surface area contributed by atoms with Crippen molar-refractivity contribution in [3.63, 3.8) is 0 Å². The van der Waals surface area contributed by atoms with Crippen LogP contribution in [0.5, 0.6) is 5.75 Å². The average molecular weight is 573 g/mol. The minimum absolute atomic E-state index is 0.0533. The molecule has 0 radical (unpaired) electrons. The Morgan fingerprint density at radius 2 is 2.00 bits per heavy atom. The van der Waals surface area contributed by atoms with Crippen molar-refractivity contribution < 1.29 is 19.2 Å². The molecule has 11 nitrogen and oxygen atoms in total. The van der Waals surface area contributed by atoms with Crippen molar-refractivity contribution in [1.82, 2.24) is 19.7 Å². The predicted octanol–water partition coefficient (Wildman–Crippen LogP) is 3.34. The molecule has 0 saturated carbocycles. The van der Waals surface area contributed by atoms with E-state index in [4.69, 9.17) is 21.1 Å². The number of methoxy groups -OCH3 is 2. The average Bonchev–Trinajstić information content (AvgIpc) is 3.27. The molecule has 0 atom stereocenters. The molecular formula is C19H18ClIN6O5. The summed E-state index contributed by atoms with van der Waals surface area (Å²) in [5.74, 6) is 0.521. The van der Waals surface area contributed by atoms with Crippen molar-refractivity contribution in [3.05, 3.63) is 66.9 Å². The van der Waals surface area contributed by atoms with Gasteiger partial charge in [0.05, 0.1) is 29.3 Å². The molecule has 0 aliphatic rings. The summed E-state index contributed by atoms with van der Waals surface area (Å²) in [6.07, 6.45) is 2.54. The number of halogens is 2. The van der Waals surface area contributed by atoms with Crippen molar-refractivity contribution in [1.29, 1.82) is 0 Å². The topological polar surface area (TPSA) is 126 Å². The summed E-state index contributed by atoms with van der Waals surface area (Å²) in [5.41, 5.74) is 0.902. The molecule has 1 aromatic carbocycles. The second kappa shape index (κ2) is 10.5. The molecule has 0 bridgehead atoms. The molecule has 0 saturated heterocycles. The van der Waals surface area contributed by atoms with Gasteiger partial charge in [0.25, 0.3) is 0 Å². The van der Waals surface area contributed by atoms with Gasteiger partial charge < -0.3 is 14.4 Å². The summed E-state index contributed by atoms with van der Waals surface area (Å²) >= 11 is 8.07. The van der Waals surface area contributed by atoms with Gasteiger partial charge >= 0.3 is 11.7 Å². The minimum atomic E-state index is -0.632. The number of hydrogen-bond donors (Lipinski definition) is 0. The molecule has 0 aliphatic heterocycles. The Hall–Kier alpha value is -3.00. The van der Waals surface area contributed by atoms with Crippen LogP contribution in [-0.4, -0.2) is 51.4 Å². The van der Waals surface area contributed by atoms with Gasteiger partial charge in [0, 0.05) is 13.1 Å². The number of carbonyl (C=O) groups excluding carboxylic acids is 1. The molecule has 0 aliphatic carbocycles. The largest absolute Gasteiger partial charge is 0.497 e. The quantitative estimate of drug-likeness (QED) is 0.125. The highest BCUT2D eigenvalue weighted by atomic mass is 127. The van der Waals surface area contributed by atoms with Gasteiger partial charge in [0.1, 0.15) is 24.0 Å². The van der Waals surface area contributed by atoms with E-state index in [1.165, 1.54) is 24.2 Å². The van der Waals surface area contributed by atoms with E-state index in [0.717, 1.165) is 11.3 Å². The summed E-state index contributed by atoms with van der Waals surface area (Å²) in [7, 11) is 2.85. The Labute approximate surface area is 201 Å². The highest BCUT2D eigenvalue weighted by Gasteiger charge is 2.23. The molecule has 2 heterocycles. The first-order valence-corrected chi connectivity index (χ1v) is 10.6. The Bertz CT molecular complexity index is 1120. The van der Waals surface area contributed by atoms with Gasteiger partial charge in [0.15, 0.2) is 5.69 Å². The first-order chi connectivity index (χ1) is 15.3. The van der Waals surface area contributed by atoms with E-state index in [-0.39, 0.29) is 16.7 Å². The van der Waals surface area contributed by atoms with Gasteiger partial charge in [-0.05, 0) is 51.9 Å². The van der Waals surface area contributed by atoms with E-state index in [2.05, 4.69) is 15.1 Å². The zero-order chi connectivity index (χ0) is 23.3. The van der Waals surface area contributed by atoms with Gasteiger partial charge in [-0.3, -0.25) is 14.8 Å². The third-order valence-corrected chi connectivity index (χ3v) is 5.61. The van der Waals surface area contributed by atoms with Crippen LogP contribution in [-0.2, 0) is 17.8 Å². The van der Waals surface area contributed by atoms with Crippen molar-refractivity contribution in [2.45, 2.75) is 13.1 Å². The Kier molecular flexibility index (Phi) is 7.80. The molecule has 3 aromatic rings. The van der Waals surface area contributed by atoms with Crippen molar-refractivity contribution in [2.75, 3.05) is 25.7 Å². The van der Waals surface area contributed by atoms with Gasteiger partial charge in [-0.1, -0.05) is 12.1 Å². The lowest BCUT2D eigenvalue weighted by molar-refractivity contribution is -0.385. The smallest absolute Gasteiger partial charge is 0.358 e. The van der Waals surface area contributed by atoms with Gasteiger partial charge in [0.2, 0.25) is 5.28 Å². The fraction of sp³-hybridized carbons (Fsp3) is 0.263. The lowest BCUT2D eigenvalue weighted by Crippen LogP contribution is -2.30. The molecule has 168 valence electrons. The molecule has 0 spiro atoms. The normalized spacial score (nSPS) is 10.6. The molecule has 0 N–H and O–H groups in total. The zero-order valence-corrected chi connectivity index (χ0v) is 20.0. The molecule has 32 heavy (non-hydrogen) atoms. The summed E-state index contributed by atoms with van der Waals surface area (Å²) in [6, 6.07) is 7.48. The SMILES string of the molecule is COC(=O)c1nc(Cl)nc(N(CCn2cc([N+](=O)[O-])cn2)Cc2ccc(OC)cc2)c1I. The summed E-state index contributed by atoms with van der Waals surface area (Å²) in [6.45, 7) is 1.11. The first kappa shape index (κ1) is 23.7. The van der Waals surface area contributed by atoms with Crippen LogP contribution in [0, 0.1) is 13.7 Å². The number of benzene rings is 1. The Balaban J connectivity index is 1.94. The standard InChI is InChI=1S/C19H18ClIN6O5/c1-31-14-5-3-12(4-6-14)10-25(7-8-26-11-13(9-22-26)27(29)30)17-15(21)16(18(28)32-2)23-19(20)24-17/h3-6,9,11H,7-8,10H2,1-2H3. The number of hydrogen-bond acceptors (Lipinski definition) is 9. The second-order valence-electron chi connectivity index (χ2n) is 6.46. The lowest BCUT2D eigenvalue weighted by Gasteiger charge is -2.25. The molecule has 2 aromatic heterocycles. The molecule has 0 amide bonds. The summed E-state index contributed by atoms with van der Waals surface area (Å²) in [5, 5.41) is 14.9. The Morgan fingerprint density at radius 1 is 1.28 bits per heavy atom. The number of rotatable bonds is 9. The highest BCUT2D eigenvalue weighted by Crippen LogP contribution is 2.27. The minimum Gasteiger partial charge on any atom is -0.497 e. The van der Waals surface area contributed by atoms with Crippen LogP contribution in [0.15, 0.2) is 36.7 Å². The van der Waals surface area contributed by atoms with Crippen LogP contribution in [0.1, 0.15) is 16.1 Å². The highest BCUT2D eigenvalue weighted by molar-refractivity contribution is 14.1.